The minimum atomic E-state index is -4.70. The fraction of sp³-hybridized carbons (Fsp3) is 0.333. The van der Waals surface area contributed by atoms with Gasteiger partial charge in [0.15, 0.2) is 17.5 Å². The summed E-state index contributed by atoms with van der Waals surface area (Å²) in [6, 6.07) is 5.07. The maximum Gasteiger partial charge on any atom is 0.417 e. The minimum absolute atomic E-state index is 0.121. The highest BCUT2D eigenvalue weighted by atomic mass is 19.4. The predicted octanol–water partition coefficient (Wildman–Crippen LogP) is 4.94. The summed E-state index contributed by atoms with van der Waals surface area (Å²) in [6.07, 6.45) is 0.998. The number of hydrogen-bond donors (Lipinski definition) is 1. The molecule has 0 spiro atoms. The van der Waals surface area contributed by atoms with Gasteiger partial charge in [-0.15, -0.1) is 0 Å². The van der Waals surface area contributed by atoms with Gasteiger partial charge in [0.1, 0.15) is 5.82 Å². The quantitative estimate of drug-likeness (QED) is 0.526. The van der Waals surface area contributed by atoms with Crippen LogP contribution in [0.5, 0.6) is 0 Å². The minimum Gasteiger partial charge on any atom is -0.363 e. The number of piperidine rings is 2. The van der Waals surface area contributed by atoms with Crippen LogP contribution in [0.3, 0.4) is 0 Å². The van der Waals surface area contributed by atoms with E-state index >= 15 is 0 Å². The number of benzene rings is 1. The molecule has 1 amide bonds. The molecule has 1 aliphatic carbocycles. The molecule has 1 aromatic carbocycles. The Hall–Kier alpha value is -3.63. The number of halogens is 5. The zero-order valence-electron chi connectivity index (χ0n) is 18.3. The SMILES string of the molecule is O=C(c1ccc(F)cc1-c1ncccn1)N1CC2CCC1C(Nc1ncc(C(F)(F)F)cc1F)C2. The number of amides is 1. The normalized spacial score (nSPS) is 21.7. The Morgan fingerprint density at radius 2 is 1.83 bits per heavy atom. The Kier molecular flexibility index (Phi) is 5.86. The summed E-state index contributed by atoms with van der Waals surface area (Å²) in [4.78, 5) is 27.2. The summed E-state index contributed by atoms with van der Waals surface area (Å²) in [7, 11) is 0. The molecule has 2 saturated heterocycles. The van der Waals surface area contributed by atoms with Gasteiger partial charge in [-0.1, -0.05) is 0 Å². The van der Waals surface area contributed by atoms with Crippen molar-refractivity contribution in [3.63, 3.8) is 0 Å². The highest BCUT2D eigenvalue weighted by molar-refractivity contribution is 6.00. The van der Waals surface area contributed by atoms with Crippen molar-refractivity contribution in [3.8, 4) is 11.4 Å². The average Bonchev–Trinajstić information content (AvgIpc) is 2.85. The average molecular weight is 489 g/mol. The Balaban J connectivity index is 1.42. The third-order valence-electron chi connectivity index (χ3n) is 6.55. The van der Waals surface area contributed by atoms with E-state index < -0.39 is 29.4 Å². The number of fused-ring (bicyclic) bond motifs is 3. The zero-order chi connectivity index (χ0) is 24.7. The lowest BCUT2D eigenvalue weighted by atomic mass is 9.76. The van der Waals surface area contributed by atoms with Crippen LogP contribution in [0.25, 0.3) is 11.4 Å². The van der Waals surface area contributed by atoms with E-state index in [0.29, 0.717) is 31.6 Å². The summed E-state index contributed by atoms with van der Waals surface area (Å²) < 4.78 is 67.0. The maximum atomic E-state index is 14.4. The second kappa shape index (κ2) is 8.86. The number of anilines is 1. The Labute approximate surface area is 197 Å². The number of aromatic nitrogens is 3. The first kappa shape index (κ1) is 23.1. The molecular formula is C24H20F5N5O. The van der Waals surface area contributed by atoms with E-state index in [0.717, 1.165) is 6.42 Å². The van der Waals surface area contributed by atoms with Crippen LogP contribution in [-0.2, 0) is 6.18 Å². The molecular weight excluding hydrogens is 469 g/mol. The topological polar surface area (TPSA) is 71.0 Å². The van der Waals surface area contributed by atoms with Crippen LogP contribution in [0.2, 0.25) is 0 Å². The van der Waals surface area contributed by atoms with Crippen molar-refractivity contribution in [3.05, 3.63) is 71.7 Å². The summed E-state index contributed by atoms with van der Waals surface area (Å²) in [6.45, 7) is 0.469. The molecule has 3 unspecified atom stereocenters. The molecule has 2 aromatic heterocycles. The van der Waals surface area contributed by atoms with Gasteiger partial charge in [-0.2, -0.15) is 13.2 Å². The second-order valence-corrected chi connectivity index (χ2v) is 8.77. The number of carbonyl (C=O) groups excluding carboxylic acids is 1. The second-order valence-electron chi connectivity index (χ2n) is 8.77. The van der Waals surface area contributed by atoms with Gasteiger partial charge >= 0.3 is 6.18 Å². The molecule has 6 rings (SSSR count). The Bertz CT molecular complexity index is 1250. The van der Waals surface area contributed by atoms with Gasteiger partial charge < -0.3 is 10.2 Å². The smallest absolute Gasteiger partial charge is 0.363 e. The molecule has 35 heavy (non-hydrogen) atoms. The molecule has 4 heterocycles. The fourth-order valence-electron chi connectivity index (χ4n) is 4.94. The first-order chi connectivity index (χ1) is 16.7. The molecule has 1 N–H and O–H groups in total. The van der Waals surface area contributed by atoms with Crippen LogP contribution in [-0.4, -0.2) is 44.4 Å². The van der Waals surface area contributed by atoms with Crippen molar-refractivity contribution in [2.45, 2.75) is 37.5 Å². The van der Waals surface area contributed by atoms with Crippen molar-refractivity contribution in [2.24, 2.45) is 5.92 Å². The number of carbonyl (C=O) groups is 1. The van der Waals surface area contributed by atoms with Crippen molar-refractivity contribution < 1.29 is 26.7 Å². The number of hydrogen-bond acceptors (Lipinski definition) is 5. The van der Waals surface area contributed by atoms with Crippen LogP contribution in [0, 0.1) is 17.6 Å². The molecule has 6 nitrogen and oxygen atoms in total. The first-order valence-corrected chi connectivity index (χ1v) is 11.1. The van der Waals surface area contributed by atoms with Crippen LogP contribution >= 0.6 is 0 Å². The van der Waals surface area contributed by atoms with Gasteiger partial charge in [-0.25, -0.2) is 23.7 Å². The number of pyridine rings is 1. The van der Waals surface area contributed by atoms with Gasteiger partial charge in [0.25, 0.3) is 5.91 Å². The van der Waals surface area contributed by atoms with Crippen LogP contribution in [0.1, 0.15) is 35.2 Å². The van der Waals surface area contributed by atoms with E-state index in [2.05, 4.69) is 20.3 Å². The highest BCUT2D eigenvalue weighted by Crippen LogP contribution is 2.39. The van der Waals surface area contributed by atoms with E-state index in [1.54, 1.807) is 11.0 Å². The number of rotatable bonds is 4. The molecule has 3 atom stereocenters. The van der Waals surface area contributed by atoms with Crippen LogP contribution < -0.4 is 5.32 Å². The fourth-order valence-corrected chi connectivity index (χ4v) is 4.94. The van der Waals surface area contributed by atoms with E-state index in [1.807, 2.05) is 0 Å². The number of nitrogens with zero attached hydrogens (tertiary/aromatic N) is 4. The van der Waals surface area contributed by atoms with E-state index in [-0.39, 0.29) is 40.6 Å². The molecule has 3 fully saturated rings. The van der Waals surface area contributed by atoms with Crippen molar-refractivity contribution in [1.29, 1.82) is 0 Å². The van der Waals surface area contributed by atoms with Crippen LogP contribution in [0.15, 0.2) is 48.9 Å². The molecule has 2 bridgehead atoms. The number of nitrogens with one attached hydrogen (secondary N) is 1. The third kappa shape index (κ3) is 4.54. The molecule has 0 radical (unpaired) electrons. The van der Waals surface area contributed by atoms with Gasteiger partial charge in [0.2, 0.25) is 0 Å². The molecule has 3 aromatic rings. The predicted molar refractivity (Wildman–Crippen MR) is 116 cm³/mol. The van der Waals surface area contributed by atoms with Crippen molar-refractivity contribution in [1.82, 2.24) is 19.9 Å². The van der Waals surface area contributed by atoms with Crippen LogP contribution in [0.4, 0.5) is 27.8 Å². The van der Waals surface area contributed by atoms with Gasteiger partial charge in [0, 0.05) is 36.7 Å². The van der Waals surface area contributed by atoms with E-state index in [1.165, 1.54) is 30.6 Å². The maximum absolute atomic E-state index is 14.4. The molecule has 11 heteroatoms. The standard InChI is InChI=1S/C24H20F5N5O/c25-15-3-4-16(17(10-15)21-30-6-1-7-31-21)23(35)34-12-13-2-5-20(34)19(8-13)33-22-18(26)9-14(11-32-22)24(27,28)29/h1,3-4,6-7,9-11,13,19-20H,2,5,8,12H2,(H,32,33). The Morgan fingerprint density at radius 3 is 2.51 bits per heavy atom. The molecule has 182 valence electrons. The lowest BCUT2D eigenvalue weighted by Gasteiger charge is -2.50. The number of alkyl halides is 3. The molecule has 3 aliphatic rings. The zero-order valence-corrected chi connectivity index (χ0v) is 18.3. The van der Waals surface area contributed by atoms with Gasteiger partial charge in [0.05, 0.1) is 17.2 Å². The lowest BCUT2D eigenvalue weighted by molar-refractivity contribution is -0.138. The Morgan fingerprint density at radius 1 is 1.06 bits per heavy atom. The highest BCUT2D eigenvalue weighted by Gasteiger charge is 2.44. The summed E-state index contributed by atoms with van der Waals surface area (Å²) in [5.74, 6) is -1.94. The van der Waals surface area contributed by atoms with E-state index in [4.69, 9.17) is 0 Å². The monoisotopic (exact) mass is 489 g/mol. The van der Waals surface area contributed by atoms with Gasteiger partial charge in [-0.05, 0) is 55.5 Å². The first-order valence-electron chi connectivity index (χ1n) is 11.1. The lowest BCUT2D eigenvalue weighted by Crippen LogP contribution is -2.59. The van der Waals surface area contributed by atoms with Crippen molar-refractivity contribution >= 4 is 11.7 Å². The van der Waals surface area contributed by atoms with E-state index in [9.17, 15) is 26.7 Å². The van der Waals surface area contributed by atoms with Crippen molar-refractivity contribution in [2.75, 3.05) is 11.9 Å². The summed E-state index contributed by atoms with van der Waals surface area (Å²) in [5.41, 5.74) is -0.672. The molecule has 2 aliphatic heterocycles. The summed E-state index contributed by atoms with van der Waals surface area (Å²) >= 11 is 0. The molecule has 1 saturated carbocycles. The largest absolute Gasteiger partial charge is 0.417 e. The third-order valence-corrected chi connectivity index (χ3v) is 6.55. The van der Waals surface area contributed by atoms with Gasteiger partial charge in [-0.3, -0.25) is 4.79 Å². The summed E-state index contributed by atoms with van der Waals surface area (Å²) in [5, 5.41) is 2.92.